The van der Waals surface area contributed by atoms with E-state index in [0.29, 0.717) is 0 Å². The van der Waals surface area contributed by atoms with Gasteiger partial charge in [0.15, 0.2) is 23.2 Å². The molecular formula is C10H5F3N2O3. The third-order valence-electron chi connectivity index (χ3n) is 2.21. The summed E-state index contributed by atoms with van der Waals surface area (Å²) >= 11 is 0. The lowest BCUT2D eigenvalue weighted by Gasteiger charge is -2.04. The molecule has 1 aromatic carbocycles. The predicted molar refractivity (Wildman–Crippen MR) is 52.5 cm³/mol. The Balaban J connectivity index is 2.66. The highest BCUT2D eigenvalue weighted by Gasteiger charge is 2.22. The van der Waals surface area contributed by atoms with Crippen LogP contribution in [0.3, 0.4) is 0 Å². The molecule has 1 aromatic heterocycles. The van der Waals surface area contributed by atoms with Gasteiger partial charge in [-0.3, -0.25) is 5.10 Å². The van der Waals surface area contributed by atoms with Crippen molar-refractivity contribution in [2.45, 2.75) is 0 Å². The summed E-state index contributed by atoms with van der Waals surface area (Å²) in [7, 11) is 0. The second-order valence-electron chi connectivity index (χ2n) is 3.35. The van der Waals surface area contributed by atoms with Crippen molar-refractivity contribution in [3.63, 3.8) is 0 Å². The van der Waals surface area contributed by atoms with E-state index < -0.39 is 46.1 Å². The molecule has 2 rings (SSSR count). The topological polar surface area (TPSA) is 86.2 Å². The zero-order valence-corrected chi connectivity index (χ0v) is 8.54. The summed E-state index contributed by atoms with van der Waals surface area (Å²) in [6.07, 6.45) is 0. The average molecular weight is 258 g/mol. The molecule has 94 valence electrons. The maximum atomic E-state index is 13.4. The number of carboxylic acids is 1. The van der Waals surface area contributed by atoms with Crippen LogP contribution < -0.4 is 0 Å². The van der Waals surface area contributed by atoms with Crippen molar-refractivity contribution in [3.05, 3.63) is 35.3 Å². The van der Waals surface area contributed by atoms with Crippen molar-refractivity contribution in [3.8, 4) is 17.0 Å². The van der Waals surface area contributed by atoms with Gasteiger partial charge in [-0.15, -0.1) is 0 Å². The SMILES string of the molecule is O=C(O)c1cc(-c2c(O)c(F)cc(F)c2F)n[nH]1. The first-order valence-corrected chi connectivity index (χ1v) is 4.57. The number of rotatable bonds is 2. The van der Waals surface area contributed by atoms with E-state index in [0.717, 1.165) is 6.07 Å². The largest absolute Gasteiger partial charge is 0.504 e. The van der Waals surface area contributed by atoms with Gasteiger partial charge in [0.1, 0.15) is 5.69 Å². The summed E-state index contributed by atoms with van der Waals surface area (Å²) in [6.45, 7) is 0. The first-order valence-electron chi connectivity index (χ1n) is 4.57. The Kier molecular flexibility index (Phi) is 2.70. The molecule has 0 aliphatic carbocycles. The van der Waals surface area contributed by atoms with Crippen LogP contribution in [-0.4, -0.2) is 26.4 Å². The molecule has 0 saturated heterocycles. The smallest absolute Gasteiger partial charge is 0.353 e. The monoisotopic (exact) mass is 258 g/mol. The maximum absolute atomic E-state index is 13.4. The lowest BCUT2D eigenvalue weighted by Crippen LogP contribution is -1.95. The number of phenols is 1. The van der Waals surface area contributed by atoms with Crippen LogP contribution >= 0.6 is 0 Å². The molecule has 0 amide bonds. The van der Waals surface area contributed by atoms with Crippen LogP contribution in [0.5, 0.6) is 5.75 Å². The van der Waals surface area contributed by atoms with E-state index in [1.807, 2.05) is 5.10 Å². The highest BCUT2D eigenvalue weighted by atomic mass is 19.2. The highest BCUT2D eigenvalue weighted by molar-refractivity contribution is 5.87. The number of carboxylic acid groups (broad SMARTS) is 1. The molecule has 0 unspecified atom stereocenters. The molecule has 5 nitrogen and oxygen atoms in total. The number of nitrogens with zero attached hydrogens (tertiary/aromatic N) is 1. The van der Waals surface area contributed by atoms with E-state index >= 15 is 0 Å². The van der Waals surface area contributed by atoms with Crippen LogP contribution in [0.1, 0.15) is 10.5 Å². The Hall–Kier alpha value is -2.51. The standard InChI is InChI=1S/C10H5F3N2O3/c11-3-1-4(12)9(16)7(8(3)13)5-2-6(10(17)18)15-14-5/h1-2,16H,(H,14,15)(H,17,18). The van der Waals surface area contributed by atoms with E-state index in [2.05, 4.69) is 5.10 Å². The number of phenolic OH excluding ortho intramolecular Hbond substituents is 1. The Labute approximate surface area is 97.5 Å². The molecule has 8 heteroatoms. The number of benzene rings is 1. The van der Waals surface area contributed by atoms with E-state index in [4.69, 9.17) is 5.11 Å². The number of halogens is 3. The van der Waals surface area contributed by atoms with E-state index in [9.17, 15) is 23.1 Å². The fourth-order valence-corrected chi connectivity index (χ4v) is 1.38. The number of aromatic carboxylic acids is 1. The quantitative estimate of drug-likeness (QED) is 0.718. The Morgan fingerprint density at radius 3 is 2.44 bits per heavy atom. The Morgan fingerprint density at radius 2 is 1.89 bits per heavy atom. The van der Waals surface area contributed by atoms with Crippen molar-refractivity contribution in [2.24, 2.45) is 0 Å². The number of hydrogen-bond acceptors (Lipinski definition) is 3. The third kappa shape index (κ3) is 1.77. The zero-order valence-electron chi connectivity index (χ0n) is 8.54. The van der Waals surface area contributed by atoms with Gasteiger partial charge in [0.2, 0.25) is 0 Å². The van der Waals surface area contributed by atoms with Crippen LogP contribution in [0.2, 0.25) is 0 Å². The first-order chi connectivity index (χ1) is 8.41. The third-order valence-corrected chi connectivity index (χ3v) is 2.21. The minimum Gasteiger partial charge on any atom is -0.504 e. The molecule has 3 N–H and O–H groups in total. The molecule has 0 saturated carbocycles. The molecule has 0 spiro atoms. The number of aromatic nitrogens is 2. The fraction of sp³-hybridized carbons (Fsp3) is 0. The average Bonchev–Trinajstić information content (AvgIpc) is 2.76. The normalized spacial score (nSPS) is 10.6. The number of carbonyl (C=O) groups is 1. The van der Waals surface area contributed by atoms with Crippen LogP contribution in [0.15, 0.2) is 12.1 Å². The molecule has 0 radical (unpaired) electrons. The second kappa shape index (κ2) is 4.06. The van der Waals surface area contributed by atoms with Gasteiger partial charge in [-0.05, 0) is 6.07 Å². The number of H-pyrrole nitrogens is 1. The van der Waals surface area contributed by atoms with E-state index in [1.54, 1.807) is 0 Å². The van der Waals surface area contributed by atoms with Gasteiger partial charge in [0, 0.05) is 6.07 Å². The molecule has 0 atom stereocenters. The molecular weight excluding hydrogens is 253 g/mol. The van der Waals surface area contributed by atoms with Crippen LogP contribution in [0.4, 0.5) is 13.2 Å². The first kappa shape index (κ1) is 12.0. The lowest BCUT2D eigenvalue weighted by molar-refractivity contribution is 0.0690. The van der Waals surface area contributed by atoms with E-state index in [1.165, 1.54) is 0 Å². The minimum atomic E-state index is -1.52. The second-order valence-corrected chi connectivity index (χ2v) is 3.35. The van der Waals surface area contributed by atoms with Gasteiger partial charge in [-0.25, -0.2) is 18.0 Å². The highest BCUT2D eigenvalue weighted by Crippen LogP contribution is 2.34. The summed E-state index contributed by atoms with van der Waals surface area (Å²) < 4.78 is 39.5. The fourth-order valence-electron chi connectivity index (χ4n) is 1.38. The number of aromatic amines is 1. The van der Waals surface area contributed by atoms with Gasteiger partial charge < -0.3 is 10.2 Å². The molecule has 0 bridgehead atoms. The number of nitrogens with one attached hydrogen (secondary N) is 1. The summed E-state index contributed by atoms with van der Waals surface area (Å²) in [5.41, 5.74) is -1.66. The van der Waals surface area contributed by atoms with Crippen molar-refractivity contribution in [2.75, 3.05) is 0 Å². The number of aromatic hydroxyl groups is 1. The predicted octanol–water partition coefficient (Wildman–Crippen LogP) is 1.90. The Morgan fingerprint density at radius 1 is 1.22 bits per heavy atom. The van der Waals surface area contributed by atoms with Crippen molar-refractivity contribution in [1.82, 2.24) is 10.2 Å². The summed E-state index contributed by atoms with van der Waals surface area (Å²) in [5.74, 6) is -6.93. The van der Waals surface area contributed by atoms with Crippen molar-refractivity contribution >= 4 is 5.97 Å². The molecule has 0 aliphatic rings. The molecule has 0 aliphatic heterocycles. The van der Waals surface area contributed by atoms with Crippen molar-refractivity contribution < 1.29 is 28.2 Å². The van der Waals surface area contributed by atoms with Gasteiger partial charge >= 0.3 is 5.97 Å². The lowest BCUT2D eigenvalue weighted by atomic mass is 10.1. The molecule has 18 heavy (non-hydrogen) atoms. The van der Waals surface area contributed by atoms with Crippen LogP contribution in [-0.2, 0) is 0 Å². The maximum Gasteiger partial charge on any atom is 0.353 e. The molecule has 1 heterocycles. The van der Waals surface area contributed by atoms with Crippen molar-refractivity contribution in [1.29, 1.82) is 0 Å². The minimum absolute atomic E-state index is 0.179. The molecule has 2 aromatic rings. The summed E-state index contributed by atoms with van der Waals surface area (Å²) in [5, 5.41) is 23.3. The molecule has 0 fully saturated rings. The van der Waals surface area contributed by atoms with Crippen LogP contribution in [0, 0.1) is 17.5 Å². The van der Waals surface area contributed by atoms with Gasteiger partial charge in [-0.1, -0.05) is 0 Å². The van der Waals surface area contributed by atoms with Gasteiger partial charge in [0.05, 0.1) is 11.3 Å². The summed E-state index contributed by atoms with van der Waals surface area (Å²) in [4.78, 5) is 10.6. The summed E-state index contributed by atoms with van der Waals surface area (Å²) in [6, 6.07) is 1.03. The zero-order chi connectivity index (χ0) is 13.4. The Bertz CT molecular complexity index is 613. The number of hydrogen-bond donors (Lipinski definition) is 3. The van der Waals surface area contributed by atoms with Gasteiger partial charge in [-0.2, -0.15) is 5.10 Å². The van der Waals surface area contributed by atoms with Crippen LogP contribution in [0.25, 0.3) is 11.3 Å². The van der Waals surface area contributed by atoms with E-state index in [-0.39, 0.29) is 6.07 Å². The van der Waals surface area contributed by atoms with Gasteiger partial charge in [0.25, 0.3) is 0 Å².